The molecule has 2 aliphatic heterocycles. The van der Waals surface area contributed by atoms with Gasteiger partial charge < -0.3 is 15.1 Å². The third-order valence-corrected chi connectivity index (χ3v) is 5.93. The largest absolute Gasteiger partial charge is 0.351 e. The fourth-order valence-corrected chi connectivity index (χ4v) is 4.26. The molecule has 1 aliphatic carbocycles. The average Bonchev–Trinajstić information content (AvgIpc) is 2.94. The molecule has 134 valence electrons. The first-order chi connectivity index (χ1) is 11.4. The number of carbonyl (C=O) groups is 3. The molecule has 0 spiro atoms. The van der Waals surface area contributed by atoms with E-state index in [1.54, 1.807) is 11.9 Å². The van der Waals surface area contributed by atoms with E-state index in [-0.39, 0.29) is 29.7 Å². The van der Waals surface area contributed by atoms with Gasteiger partial charge in [0.05, 0.1) is 5.92 Å². The average molecular weight is 335 g/mol. The molecule has 2 heterocycles. The lowest BCUT2D eigenvalue weighted by atomic mass is 9.86. The molecule has 0 unspecified atom stereocenters. The predicted molar refractivity (Wildman–Crippen MR) is 90.0 cm³/mol. The third kappa shape index (κ3) is 3.73. The highest BCUT2D eigenvalue weighted by Crippen LogP contribution is 2.31. The summed E-state index contributed by atoms with van der Waals surface area (Å²) in [7, 11) is 1.77. The van der Waals surface area contributed by atoms with E-state index in [9.17, 15) is 14.4 Å². The number of hydrogen-bond donors (Lipinski definition) is 1. The highest BCUT2D eigenvalue weighted by atomic mass is 16.2. The van der Waals surface area contributed by atoms with Crippen LogP contribution in [0, 0.1) is 11.8 Å². The third-order valence-electron chi connectivity index (χ3n) is 5.93. The van der Waals surface area contributed by atoms with Crippen molar-refractivity contribution in [3.63, 3.8) is 0 Å². The highest BCUT2D eigenvalue weighted by molar-refractivity contribution is 5.89. The van der Waals surface area contributed by atoms with E-state index < -0.39 is 0 Å². The Morgan fingerprint density at radius 2 is 1.75 bits per heavy atom. The van der Waals surface area contributed by atoms with Crippen LogP contribution >= 0.6 is 0 Å². The van der Waals surface area contributed by atoms with E-state index in [0.717, 1.165) is 18.8 Å². The Bertz CT molecular complexity index is 514. The maximum absolute atomic E-state index is 12.5. The van der Waals surface area contributed by atoms with E-state index in [1.807, 2.05) is 4.90 Å². The van der Waals surface area contributed by atoms with Gasteiger partial charge in [0, 0.05) is 45.1 Å². The summed E-state index contributed by atoms with van der Waals surface area (Å²) >= 11 is 0. The van der Waals surface area contributed by atoms with E-state index in [2.05, 4.69) is 12.2 Å². The molecule has 2 atom stereocenters. The SMILES string of the molecule is CC1CCC(N2C[C@H](C(=O)N[C@@H]3CCC(=O)N(C)C3)CC2=O)CC1. The van der Waals surface area contributed by atoms with Crippen LogP contribution in [0.2, 0.25) is 0 Å². The molecule has 0 aromatic rings. The number of amides is 3. The first-order valence-electron chi connectivity index (χ1n) is 9.28. The van der Waals surface area contributed by atoms with Crippen LogP contribution in [0.1, 0.15) is 51.9 Å². The van der Waals surface area contributed by atoms with Gasteiger partial charge >= 0.3 is 0 Å². The molecule has 1 saturated carbocycles. The maximum Gasteiger partial charge on any atom is 0.225 e. The van der Waals surface area contributed by atoms with Gasteiger partial charge in [-0.05, 0) is 38.0 Å². The lowest BCUT2D eigenvalue weighted by Gasteiger charge is -2.34. The molecule has 6 heteroatoms. The van der Waals surface area contributed by atoms with Crippen molar-refractivity contribution < 1.29 is 14.4 Å². The summed E-state index contributed by atoms with van der Waals surface area (Å²) in [6.45, 7) is 3.39. The van der Waals surface area contributed by atoms with Crippen LogP contribution in [-0.2, 0) is 14.4 Å². The highest BCUT2D eigenvalue weighted by Gasteiger charge is 2.39. The normalized spacial score (nSPS) is 34.6. The Kier molecular flexibility index (Phi) is 5.11. The Labute approximate surface area is 143 Å². The molecular weight excluding hydrogens is 306 g/mol. The minimum absolute atomic E-state index is 0.0138. The number of carbonyl (C=O) groups excluding carboxylic acids is 3. The van der Waals surface area contributed by atoms with Crippen molar-refractivity contribution in [2.75, 3.05) is 20.1 Å². The summed E-state index contributed by atoms with van der Waals surface area (Å²) in [6, 6.07) is 0.338. The van der Waals surface area contributed by atoms with Gasteiger partial charge in [-0.25, -0.2) is 0 Å². The number of likely N-dealkylation sites (tertiary alicyclic amines) is 2. The Hall–Kier alpha value is -1.59. The standard InChI is InChI=1S/C18H29N3O3/c1-12-3-6-15(7-4-12)21-10-13(9-17(21)23)18(24)19-14-5-8-16(22)20(2)11-14/h12-15H,3-11H2,1-2H3,(H,19,24)/t12?,13-,14-,15?/m1/s1. The van der Waals surface area contributed by atoms with Crippen LogP contribution in [0.4, 0.5) is 0 Å². The first-order valence-corrected chi connectivity index (χ1v) is 9.28. The fourth-order valence-electron chi connectivity index (χ4n) is 4.26. The van der Waals surface area contributed by atoms with Gasteiger partial charge in [0.15, 0.2) is 0 Å². The molecule has 0 aromatic heterocycles. The fraction of sp³-hybridized carbons (Fsp3) is 0.833. The molecule has 3 fully saturated rings. The van der Waals surface area contributed by atoms with Crippen LogP contribution in [0.25, 0.3) is 0 Å². The van der Waals surface area contributed by atoms with Crippen molar-refractivity contribution in [2.24, 2.45) is 11.8 Å². The summed E-state index contributed by atoms with van der Waals surface area (Å²) in [5.41, 5.74) is 0. The second kappa shape index (κ2) is 7.11. The number of nitrogens with zero attached hydrogens (tertiary/aromatic N) is 2. The smallest absolute Gasteiger partial charge is 0.225 e. The van der Waals surface area contributed by atoms with E-state index in [0.29, 0.717) is 38.4 Å². The number of likely N-dealkylation sites (N-methyl/N-ethyl adjacent to an activating group) is 1. The van der Waals surface area contributed by atoms with E-state index in [1.165, 1.54) is 12.8 Å². The number of piperidine rings is 1. The number of nitrogens with one attached hydrogen (secondary N) is 1. The molecule has 0 aromatic carbocycles. The molecular formula is C18H29N3O3. The lowest BCUT2D eigenvalue weighted by Crippen LogP contribution is -2.50. The minimum atomic E-state index is -0.236. The molecule has 24 heavy (non-hydrogen) atoms. The monoisotopic (exact) mass is 335 g/mol. The summed E-state index contributed by atoms with van der Waals surface area (Å²) < 4.78 is 0. The van der Waals surface area contributed by atoms with Crippen LogP contribution in [0.3, 0.4) is 0 Å². The summed E-state index contributed by atoms with van der Waals surface area (Å²) in [6.07, 6.45) is 5.99. The minimum Gasteiger partial charge on any atom is -0.351 e. The van der Waals surface area contributed by atoms with Gasteiger partial charge in [0.25, 0.3) is 0 Å². The van der Waals surface area contributed by atoms with Crippen molar-refractivity contribution in [2.45, 2.75) is 64.0 Å². The maximum atomic E-state index is 12.5. The van der Waals surface area contributed by atoms with Crippen molar-refractivity contribution in [3.05, 3.63) is 0 Å². The van der Waals surface area contributed by atoms with Gasteiger partial charge in [-0.15, -0.1) is 0 Å². The number of hydrogen-bond acceptors (Lipinski definition) is 3. The second-order valence-electron chi connectivity index (χ2n) is 7.88. The van der Waals surface area contributed by atoms with Gasteiger partial charge in [0.1, 0.15) is 0 Å². The van der Waals surface area contributed by atoms with Crippen LogP contribution in [-0.4, -0.2) is 59.7 Å². The Balaban J connectivity index is 1.51. The van der Waals surface area contributed by atoms with Crippen molar-refractivity contribution in [1.82, 2.24) is 15.1 Å². The zero-order valence-corrected chi connectivity index (χ0v) is 14.8. The molecule has 0 radical (unpaired) electrons. The Morgan fingerprint density at radius 3 is 2.42 bits per heavy atom. The molecule has 0 bridgehead atoms. The first kappa shape index (κ1) is 17.2. The molecule has 3 rings (SSSR count). The molecule has 3 aliphatic rings. The molecule has 6 nitrogen and oxygen atoms in total. The zero-order valence-electron chi connectivity index (χ0n) is 14.8. The quantitative estimate of drug-likeness (QED) is 0.841. The second-order valence-corrected chi connectivity index (χ2v) is 7.88. The molecule has 3 amide bonds. The summed E-state index contributed by atoms with van der Waals surface area (Å²) in [5.74, 6) is 0.756. The van der Waals surface area contributed by atoms with Gasteiger partial charge in [0.2, 0.25) is 17.7 Å². The van der Waals surface area contributed by atoms with Crippen LogP contribution in [0.15, 0.2) is 0 Å². The van der Waals surface area contributed by atoms with Crippen molar-refractivity contribution >= 4 is 17.7 Å². The van der Waals surface area contributed by atoms with Crippen molar-refractivity contribution in [1.29, 1.82) is 0 Å². The molecule has 1 N–H and O–H groups in total. The Morgan fingerprint density at radius 1 is 1.04 bits per heavy atom. The lowest BCUT2D eigenvalue weighted by molar-refractivity contribution is -0.134. The van der Waals surface area contributed by atoms with Gasteiger partial charge in [-0.1, -0.05) is 6.92 Å². The molecule has 2 saturated heterocycles. The van der Waals surface area contributed by atoms with Crippen molar-refractivity contribution in [3.8, 4) is 0 Å². The van der Waals surface area contributed by atoms with Gasteiger partial charge in [-0.2, -0.15) is 0 Å². The van der Waals surface area contributed by atoms with E-state index in [4.69, 9.17) is 0 Å². The topological polar surface area (TPSA) is 69.7 Å². The van der Waals surface area contributed by atoms with Crippen LogP contribution < -0.4 is 5.32 Å². The van der Waals surface area contributed by atoms with Gasteiger partial charge in [-0.3, -0.25) is 14.4 Å². The summed E-state index contributed by atoms with van der Waals surface area (Å²) in [4.78, 5) is 40.0. The van der Waals surface area contributed by atoms with Crippen LogP contribution in [0.5, 0.6) is 0 Å². The summed E-state index contributed by atoms with van der Waals surface area (Å²) in [5, 5.41) is 3.05. The predicted octanol–water partition coefficient (Wildman–Crippen LogP) is 1.15. The van der Waals surface area contributed by atoms with E-state index >= 15 is 0 Å². The number of rotatable bonds is 3. The zero-order chi connectivity index (χ0) is 17.3.